The number of benzene rings is 1. The number of ether oxygens (including phenoxy) is 1. The van der Waals surface area contributed by atoms with Gasteiger partial charge in [-0.2, -0.15) is 0 Å². The number of alkyl halides is 2. The predicted octanol–water partition coefficient (Wildman–Crippen LogP) is 3.51. The normalized spacial score (nSPS) is 11.9. The molecule has 0 N–H and O–H groups in total. The van der Waals surface area contributed by atoms with Crippen LogP contribution in [0.25, 0.3) is 0 Å². The van der Waals surface area contributed by atoms with Crippen LogP contribution >= 0.6 is 15.9 Å². The second-order valence-corrected chi connectivity index (χ2v) is 3.70. The van der Waals surface area contributed by atoms with Gasteiger partial charge in [-0.3, -0.25) is 4.79 Å². The van der Waals surface area contributed by atoms with Crippen LogP contribution in [-0.4, -0.2) is 17.5 Å². The van der Waals surface area contributed by atoms with E-state index in [9.17, 15) is 9.18 Å². The fraction of sp³-hybridized carbons (Fsp3) is 0.250. The van der Waals surface area contributed by atoms with Gasteiger partial charge in [-0.15, -0.1) is 6.58 Å². The van der Waals surface area contributed by atoms with Crippen molar-refractivity contribution in [2.45, 2.75) is 12.8 Å². The molecule has 1 aromatic carbocycles. The van der Waals surface area contributed by atoms with Crippen molar-refractivity contribution in [1.82, 2.24) is 0 Å². The summed E-state index contributed by atoms with van der Waals surface area (Å²) in [6.07, 6.45) is 0.140. The number of carbonyl (C=O) groups excluding carboxylic acids is 1. The van der Waals surface area contributed by atoms with Crippen LogP contribution in [0.3, 0.4) is 0 Å². The van der Waals surface area contributed by atoms with Crippen LogP contribution in [-0.2, 0) is 0 Å². The molecule has 2 nitrogen and oxygen atoms in total. The summed E-state index contributed by atoms with van der Waals surface area (Å²) >= 11 is 3.07. The van der Waals surface area contributed by atoms with Crippen LogP contribution in [0.5, 0.6) is 5.75 Å². The quantitative estimate of drug-likeness (QED) is 0.454. The summed E-state index contributed by atoms with van der Waals surface area (Å²) in [5.74, 6) is 0.283. The third-order valence-electron chi connectivity index (χ3n) is 1.89. The van der Waals surface area contributed by atoms with E-state index in [4.69, 9.17) is 4.74 Å². The third-order valence-corrected chi connectivity index (χ3v) is 2.40. The first-order chi connectivity index (χ1) is 7.67. The molecule has 0 fully saturated rings. The molecule has 0 bridgehead atoms. The Morgan fingerprint density at radius 2 is 2.38 bits per heavy atom. The molecule has 0 aliphatic carbocycles. The number of hydrogen-bond acceptors (Lipinski definition) is 2. The first-order valence-corrected chi connectivity index (χ1v) is 5.90. The van der Waals surface area contributed by atoms with E-state index in [1.807, 2.05) is 0 Å². The molecule has 0 amide bonds. The number of ketones is 1. The van der Waals surface area contributed by atoms with Crippen molar-refractivity contribution in [3.8, 4) is 5.75 Å². The Balaban J connectivity index is 2.74. The second-order valence-electron chi connectivity index (χ2n) is 3.14. The zero-order chi connectivity index (χ0) is 12.0. The van der Waals surface area contributed by atoms with Crippen LogP contribution < -0.4 is 4.74 Å². The lowest BCUT2D eigenvalue weighted by Crippen LogP contribution is -2.09. The molecule has 1 rings (SSSR count). The molecule has 0 heterocycles. The zero-order valence-corrected chi connectivity index (χ0v) is 10.2. The first kappa shape index (κ1) is 12.9. The molecule has 0 saturated carbocycles. The topological polar surface area (TPSA) is 26.3 Å². The van der Waals surface area contributed by atoms with Crippen molar-refractivity contribution < 1.29 is 13.9 Å². The molecule has 16 heavy (non-hydrogen) atoms. The Bertz CT molecular complexity index is 379. The van der Waals surface area contributed by atoms with E-state index in [1.54, 1.807) is 18.2 Å². The minimum atomic E-state index is -1.42. The van der Waals surface area contributed by atoms with Gasteiger partial charge in [0.15, 0.2) is 5.78 Å². The largest absolute Gasteiger partial charge is 0.460 e. The van der Waals surface area contributed by atoms with Crippen LogP contribution in [0.15, 0.2) is 36.9 Å². The number of hydrogen-bond donors (Lipinski definition) is 0. The maximum atomic E-state index is 13.1. The molecule has 0 aliphatic rings. The number of halogens is 2. The van der Waals surface area contributed by atoms with E-state index in [-0.39, 0.29) is 17.5 Å². The standard InChI is InChI=1S/C12H12BrFO2/c1-2-4-12(14)16-10-6-3-5-9(7-10)11(15)8-13/h2-3,5-7,12H,1,4,8H2. The van der Waals surface area contributed by atoms with Crippen molar-refractivity contribution in [3.63, 3.8) is 0 Å². The summed E-state index contributed by atoms with van der Waals surface area (Å²) in [7, 11) is 0. The maximum absolute atomic E-state index is 13.1. The molecule has 4 heteroatoms. The van der Waals surface area contributed by atoms with E-state index in [2.05, 4.69) is 22.5 Å². The first-order valence-electron chi connectivity index (χ1n) is 4.78. The fourth-order valence-electron chi connectivity index (χ4n) is 1.15. The minimum absolute atomic E-state index is 0.0652. The molecule has 0 saturated heterocycles. The van der Waals surface area contributed by atoms with Crippen molar-refractivity contribution in [2.75, 3.05) is 5.33 Å². The minimum Gasteiger partial charge on any atom is -0.460 e. The van der Waals surface area contributed by atoms with Crippen LogP contribution in [0.1, 0.15) is 16.8 Å². The number of carbonyl (C=O) groups is 1. The van der Waals surface area contributed by atoms with Gasteiger partial charge in [0, 0.05) is 12.0 Å². The molecular weight excluding hydrogens is 275 g/mol. The number of rotatable bonds is 6. The highest BCUT2D eigenvalue weighted by atomic mass is 79.9. The molecule has 1 aromatic rings. The summed E-state index contributed by atoms with van der Waals surface area (Å²) in [4.78, 5) is 11.4. The van der Waals surface area contributed by atoms with Gasteiger partial charge in [-0.05, 0) is 12.1 Å². The van der Waals surface area contributed by atoms with Gasteiger partial charge in [0.2, 0.25) is 6.36 Å². The van der Waals surface area contributed by atoms with E-state index in [0.29, 0.717) is 11.3 Å². The van der Waals surface area contributed by atoms with Gasteiger partial charge in [0.1, 0.15) is 5.75 Å². The highest BCUT2D eigenvalue weighted by molar-refractivity contribution is 9.09. The van der Waals surface area contributed by atoms with E-state index in [0.717, 1.165) is 0 Å². The lowest BCUT2D eigenvalue weighted by Gasteiger charge is -2.10. The SMILES string of the molecule is C=CCC(F)Oc1cccc(C(=O)CBr)c1. The average Bonchev–Trinajstić information content (AvgIpc) is 2.28. The third kappa shape index (κ3) is 3.77. The van der Waals surface area contributed by atoms with Gasteiger partial charge in [0.25, 0.3) is 0 Å². The highest BCUT2D eigenvalue weighted by Crippen LogP contribution is 2.17. The van der Waals surface area contributed by atoms with Crippen molar-refractivity contribution in [1.29, 1.82) is 0 Å². The Kier molecular flexibility index (Phi) is 5.19. The lowest BCUT2D eigenvalue weighted by atomic mass is 10.1. The maximum Gasteiger partial charge on any atom is 0.241 e. The van der Waals surface area contributed by atoms with Crippen molar-refractivity contribution in [3.05, 3.63) is 42.5 Å². The number of Topliss-reactive ketones (excluding diaryl/α,β-unsaturated/α-hetero) is 1. The predicted molar refractivity (Wildman–Crippen MR) is 64.9 cm³/mol. The summed E-state index contributed by atoms with van der Waals surface area (Å²) < 4.78 is 18.1. The molecule has 1 atom stereocenters. The van der Waals surface area contributed by atoms with Crippen LogP contribution in [0, 0.1) is 0 Å². The van der Waals surface area contributed by atoms with Crippen LogP contribution in [0.2, 0.25) is 0 Å². The Hall–Kier alpha value is -1.16. The van der Waals surface area contributed by atoms with Gasteiger partial charge in [-0.25, -0.2) is 4.39 Å². The van der Waals surface area contributed by atoms with Crippen molar-refractivity contribution in [2.24, 2.45) is 0 Å². The van der Waals surface area contributed by atoms with Gasteiger partial charge in [-0.1, -0.05) is 34.1 Å². The second kappa shape index (κ2) is 6.43. The van der Waals surface area contributed by atoms with E-state index in [1.165, 1.54) is 12.1 Å². The van der Waals surface area contributed by atoms with E-state index < -0.39 is 6.36 Å². The monoisotopic (exact) mass is 286 g/mol. The van der Waals surface area contributed by atoms with Gasteiger partial charge in [0.05, 0.1) is 5.33 Å². The molecule has 86 valence electrons. The molecular formula is C12H12BrFO2. The van der Waals surface area contributed by atoms with Gasteiger partial charge < -0.3 is 4.74 Å². The van der Waals surface area contributed by atoms with Crippen LogP contribution in [0.4, 0.5) is 4.39 Å². The summed E-state index contributed by atoms with van der Waals surface area (Å²) in [6.45, 7) is 3.42. The van der Waals surface area contributed by atoms with Crippen molar-refractivity contribution >= 4 is 21.7 Å². The highest BCUT2D eigenvalue weighted by Gasteiger charge is 2.08. The Labute approximate surface area is 102 Å². The molecule has 1 unspecified atom stereocenters. The Morgan fingerprint density at radius 1 is 1.62 bits per heavy atom. The molecule has 0 spiro atoms. The smallest absolute Gasteiger partial charge is 0.241 e. The molecule has 0 aromatic heterocycles. The average molecular weight is 287 g/mol. The van der Waals surface area contributed by atoms with Gasteiger partial charge >= 0.3 is 0 Å². The lowest BCUT2D eigenvalue weighted by molar-refractivity contribution is 0.0704. The summed E-state index contributed by atoms with van der Waals surface area (Å²) in [6, 6.07) is 6.46. The molecule has 0 radical (unpaired) electrons. The molecule has 0 aliphatic heterocycles. The van der Waals surface area contributed by atoms with E-state index >= 15 is 0 Å². The summed E-state index contributed by atoms with van der Waals surface area (Å²) in [5.41, 5.74) is 0.500. The summed E-state index contributed by atoms with van der Waals surface area (Å²) in [5, 5.41) is 0.238. The Morgan fingerprint density at radius 3 is 3.00 bits per heavy atom. The fourth-order valence-corrected chi connectivity index (χ4v) is 1.47. The zero-order valence-electron chi connectivity index (χ0n) is 8.66.